The molecule has 9 heteroatoms. The van der Waals surface area contributed by atoms with Crippen molar-refractivity contribution in [3.05, 3.63) is 71.8 Å². The van der Waals surface area contributed by atoms with Gasteiger partial charge in [0.2, 0.25) is 5.91 Å². The van der Waals surface area contributed by atoms with Crippen molar-refractivity contribution >= 4 is 23.9 Å². The molecule has 2 aliphatic carbocycles. The number of carbonyl (C=O) groups is 4. The molecule has 2 saturated carbocycles. The fourth-order valence-corrected chi connectivity index (χ4v) is 6.59. The molecule has 0 spiro atoms. The van der Waals surface area contributed by atoms with Gasteiger partial charge in [0, 0.05) is 10.8 Å². The Labute approximate surface area is 241 Å². The van der Waals surface area contributed by atoms with Crippen LogP contribution in [0.4, 0.5) is 4.79 Å². The third kappa shape index (κ3) is 6.89. The zero-order valence-corrected chi connectivity index (χ0v) is 24.1. The Morgan fingerprint density at radius 1 is 0.951 bits per heavy atom. The number of carboxylic acids is 1. The molecule has 2 aromatic rings. The van der Waals surface area contributed by atoms with Gasteiger partial charge in [-0.1, -0.05) is 81.4 Å². The van der Waals surface area contributed by atoms with Gasteiger partial charge in [0.1, 0.15) is 24.8 Å². The Hall–Kier alpha value is -3.88. The molecule has 2 amide bonds. The molecule has 6 atom stereocenters. The normalized spacial score (nSPS) is 24.5. The molecule has 0 saturated heterocycles. The predicted molar refractivity (Wildman–Crippen MR) is 152 cm³/mol. The number of alkyl carbamates (subject to hydrolysis) is 1. The Kier molecular flexibility index (Phi) is 9.05. The zero-order valence-electron chi connectivity index (χ0n) is 24.1. The number of carbonyl (C=O) groups excluding carboxylic acids is 3. The lowest BCUT2D eigenvalue weighted by molar-refractivity contribution is -0.167. The molecule has 2 aliphatic rings. The van der Waals surface area contributed by atoms with Crippen LogP contribution in [-0.2, 0) is 36.9 Å². The van der Waals surface area contributed by atoms with Crippen LogP contribution in [0, 0.1) is 22.7 Å². The van der Waals surface area contributed by atoms with E-state index in [1.807, 2.05) is 6.07 Å². The SMILES string of the molecule is CC(NC(=O)[C@@H](NC(=O)OCc1ccccc1)C(Cc1ccccc1)C(=O)O)C(=O)OC1C2(C)CCC(C2)C1(C)C. The summed E-state index contributed by atoms with van der Waals surface area (Å²) in [5.74, 6) is -3.53. The third-order valence-corrected chi connectivity index (χ3v) is 8.87. The first-order chi connectivity index (χ1) is 19.4. The van der Waals surface area contributed by atoms with Crippen molar-refractivity contribution in [2.45, 2.75) is 78.2 Å². The van der Waals surface area contributed by atoms with E-state index in [9.17, 15) is 24.3 Å². The van der Waals surface area contributed by atoms with Gasteiger partial charge in [0.25, 0.3) is 0 Å². The van der Waals surface area contributed by atoms with E-state index in [0.717, 1.165) is 24.8 Å². The maximum absolute atomic E-state index is 13.5. The van der Waals surface area contributed by atoms with Crippen molar-refractivity contribution in [1.82, 2.24) is 10.6 Å². The van der Waals surface area contributed by atoms with E-state index in [-0.39, 0.29) is 30.0 Å². The van der Waals surface area contributed by atoms with Gasteiger partial charge in [-0.25, -0.2) is 9.59 Å². The minimum atomic E-state index is -1.51. The second kappa shape index (κ2) is 12.3. The molecule has 0 heterocycles. The zero-order chi connectivity index (χ0) is 29.8. The lowest BCUT2D eigenvalue weighted by atomic mass is 9.70. The highest BCUT2D eigenvalue weighted by molar-refractivity contribution is 5.93. The summed E-state index contributed by atoms with van der Waals surface area (Å²) >= 11 is 0. The van der Waals surface area contributed by atoms with Gasteiger partial charge in [0.15, 0.2) is 0 Å². The van der Waals surface area contributed by atoms with E-state index in [4.69, 9.17) is 9.47 Å². The minimum absolute atomic E-state index is 0.0257. The summed E-state index contributed by atoms with van der Waals surface area (Å²) in [5.41, 5.74) is 1.13. The highest BCUT2D eigenvalue weighted by Crippen LogP contribution is 2.63. The fraction of sp³-hybridized carbons (Fsp3) is 0.500. The molecule has 0 radical (unpaired) electrons. The number of esters is 1. The van der Waals surface area contributed by atoms with E-state index in [1.165, 1.54) is 6.92 Å². The van der Waals surface area contributed by atoms with Gasteiger partial charge < -0.3 is 25.2 Å². The Bertz CT molecular complexity index is 1240. The van der Waals surface area contributed by atoms with Crippen molar-refractivity contribution in [3.8, 4) is 0 Å². The molecule has 41 heavy (non-hydrogen) atoms. The highest BCUT2D eigenvalue weighted by Gasteiger charge is 2.61. The molecule has 2 aromatic carbocycles. The summed E-state index contributed by atoms with van der Waals surface area (Å²) < 4.78 is 11.3. The first-order valence-corrected chi connectivity index (χ1v) is 14.2. The van der Waals surface area contributed by atoms with Crippen LogP contribution in [0.1, 0.15) is 58.1 Å². The number of hydrogen-bond acceptors (Lipinski definition) is 6. The van der Waals surface area contributed by atoms with Gasteiger partial charge in [-0.3, -0.25) is 9.59 Å². The van der Waals surface area contributed by atoms with Crippen LogP contribution in [-0.4, -0.2) is 47.2 Å². The molecule has 9 nitrogen and oxygen atoms in total. The monoisotopic (exact) mass is 564 g/mol. The quantitative estimate of drug-likeness (QED) is 0.343. The number of hydrogen-bond donors (Lipinski definition) is 3. The van der Waals surface area contributed by atoms with Crippen molar-refractivity contribution in [1.29, 1.82) is 0 Å². The molecule has 4 rings (SSSR count). The molecule has 3 N–H and O–H groups in total. The lowest BCUT2D eigenvalue weighted by Gasteiger charge is -2.42. The van der Waals surface area contributed by atoms with Crippen LogP contribution in [0.15, 0.2) is 60.7 Å². The molecule has 0 aliphatic heterocycles. The summed E-state index contributed by atoms with van der Waals surface area (Å²) in [7, 11) is 0. The van der Waals surface area contributed by atoms with Gasteiger partial charge in [-0.2, -0.15) is 0 Å². The molecule has 2 bridgehead atoms. The standard InChI is InChI=1S/C32H40N2O7/c1-20(28(38)41-29-31(2,3)23-15-16-32(29,4)18-23)33-26(35)25(24(27(36)37)17-21-11-7-5-8-12-21)34-30(39)40-19-22-13-9-6-10-14-22/h5-14,20,23-25,29H,15-19H2,1-4H3,(H,33,35)(H,34,39)(H,36,37)/t20?,23?,24?,25-,29?,32?/m0/s1. The number of benzene rings is 2. The third-order valence-electron chi connectivity index (χ3n) is 8.87. The maximum Gasteiger partial charge on any atom is 0.408 e. The number of ether oxygens (including phenoxy) is 2. The molecular weight excluding hydrogens is 524 g/mol. The van der Waals surface area contributed by atoms with Crippen LogP contribution >= 0.6 is 0 Å². The van der Waals surface area contributed by atoms with E-state index in [2.05, 4.69) is 31.4 Å². The number of carboxylic acid groups (broad SMARTS) is 1. The molecular formula is C32H40N2O7. The lowest BCUT2D eigenvalue weighted by Crippen LogP contribution is -2.56. The van der Waals surface area contributed by atoms with E-state index < -0.39 is 41.9 Å². The Morgan fingerprint density at radius 2 is 1.56 bits per heavy atom. The highest BCUT2D eigenvalue weighted by atomic mass is 16.6. The van der Waals surface area contributed by atoms with Crippen LogP contribution in [0.5, 0.6) is 0 Å². The summed E-state index contributed by atoms with van der Waals surface area (Å²) in [6.45, 7) is 7.82. The Balaban J connectivity index is 1.47. The van der Waals surface area contributed by atoms with Crippen LogP contribution in [0.2, 0.25) is 0 Å². The predicted octanol–water partition coefficient (Wildman–Crippen LogP) is 4.49. The van der Waals surface area contributed by atoms with Crippen molar-refractivity contribution in [3.63, 3.8) is 0 Å². The minimum Gasteiger partial charge on any atom is -0.481 e. The Morgan fingerprint density at radius 3 is 2.12 bits per heavy atom. The van der Waals surface area contributed by atoms with Crippen LogP contribution < -0.4 is 10.6 Å². The fourth-order valence-electron chi connectivity index (χ4n) is 6.59. The van der Waals surface area contributed by atoms with Crippen LogP contribution in [0.25, 0.3) is 0 Å². The smallest absolute Gasteiger partial charge is 0.408 e. The van der Waals surface area contributed by atoms with Crippen molar-refractivity contribution in [2.75, 3.05) is 0 Å². The molecule has 220 valence electrons. The number of aliphatic carboxylic acids is 1. The summed E-state index contributed by atoms with van der Waals surface area (Å²) in [4.78, 5) is 51.8. The number of rotatable bonds is 11. The molecule has 0 aromatic heterocycles. The van der Waals surface area contributed by atoms with Gasteiger partial charge in [-0.05, 0) is 49.7 Å². The van der Waals surface area contributed by atoms with Gasteiger partial charge in [0.05, 0.1) is 5.92 Å². The maximum atomic E-state index is 13.5. The average Bonchev–Trinajstić information content (AvgIpc) is 3.43. The van der Waals surface area contributed by atoms with Crippen LogP contribution in [0.3, 0.4) is 0 Å². The topological polar surface area (TPSA) is 131 Å². The van der Waals surface area contributed by atoms with E-state index in [0.29, 0.717) is 11.5 Å². The summed E-state index contributed by atoms with van der Waals surface area (Å²) in [5, 5.41) is 15.1. The summed E-state index contributed by atoms with van der Waals surface area (Å²) in [6, 6.07) is 15.2. The van der Waals surface area contributed by atoms with Crippen molar-refractivity contribution in [2.24, 2.45) is 22.7 Å². The van der Waals surface area contributed by atoms with E-state index >= 15 is 0 Å². The second-order valence-electron chi connectivity index (χ2n) is 12.3. The summed E-state index contributed by atoms with van der Waals surface area (Å²) in [6.07, 6.45) is 1.83. The van der Waals surface area contributed by atoms with Gasteiger partial charge in [-0.15, -0.1) is 0 Å². The molecule has 5 unspecified atom stereocenters. The second-order valence-corrected chi connectivity index (χ2v) is 12.3. The van der Waals surface area contributed by atoms with E-state index in [1.54, 1.807) is 54.6 Å². The van der Waals surface area contributed by atoms with Crippen molar-refractivity contribution < 1.29 is 33.8 Å². The first-order valence-electron chi connectivity index (χ1n) is 14.2. The molecule has 2 fully saturated rings. The van der Waals surface area contributed by atoms with Gasteiger partial charge >= 0.3 is 18.0 Å². The number of fused-ring (bicyclic) bond motifs is 2. The average molecular weight is 565 g/mol. The number of nitrogens with one attached hydrogen (secondary N) is 2. The number of amides is 2. The largest absolute Gasteiger partial charge is 0.481 e. The first kappa shape index (κ1) is 30.1.